The number of nitrogens with one attached hydrogen (secondary N) is 1. The normalized spacial score (nSPS) is 20.1. The molecule has 2 heterocycles. The minimum atomic E-state index is 0.276. The van der Waals surface area contributed by atoms with E-state index in [0.29, 0.717) is 12.1 Å². The summed E-state index contributed by atoms with van der Waals surface area (Å²) in [6.45, 7) is 0. The summed E-state index contributed by atoms with van der Waals surface area (Å²) in [5.41, 5.74) is 8.47. The number of fused-ring (bicyclic) bond motifs is 1. The number of benzene rings is 1. The van der Waals surface area contributed by atoms with Crippen molar-refractivity contribution >= 4 is 22.7 Å². The van der Waals surface area contributed by atoms with Crippen molar-refractivity contribution in [2.45, 2.75) is 37.8 Å². The van der Waals surface area contributed by atoms with Crippen LogP contribution in [0, 0.1) is 0 Å². The molecule has 1 aromatic carbocycles. The van der Waals surface area contributed by atoms with E-state index in [0.717, 1.165) is 40.7 Å². The second kappa shape index (κ2) is 7.44. The largest absolute Gasteiger partial charge is 0.368 e. The van der Waals surface area contributed by atoms with Gasteiger partial charge in [0.25, 0.3) is 0 Å². The molecule has 3 N–H and O–H groups in total. The Morgan fingerprint density at radius 3 is 2.41 bits per heavy atom. The summed E-state index contributed by atoms with van der Waals surface area (Å²) in [4.78, 5) is 19.4. The molecule has 1 aliphatic rings. The lowest BCUT2D eigenvalue weighted by Crippen LogP contribution is -2.36. The van der Waals surface area contributed by atoms with E-state index in [4.69, 9.17) is 5.73 Å². The van der Waals surface area contributed by atoms with Crippen molar-refractivity contribution in [1.82, 2.24) is 24.8 Å². The maximum Gasteiger partial charge on any atom is 0.219 e. The number of nitrogens with two attached hydrogens (primary N) is 1. The number of rotatable bonds is 4. The third-order valence-electron chi connectivity index (χ3n) is 5.41. The molecule has 3 aromatic rings. The molecular weight excluding hydrogens is 338 g/mol. The Morgan fingerprint density at radius 2 is 1.70 bits per heavy atom. The van der Waals surface area contributed by atoms with Crippen molar-refractivity contribution < 1.29 is 0 Å². The molecule has 0 atom stereocenters. The molecule has 1 fully saturated rings. The van der Waals surface area contributed by atoms with E-state index in [1.807, 2.05) is 12.1 Å². The van der Waals surface area contributed by atoms with E-state index in [1.165, 1.54) is 12.8 Å². The molecule has 0 radical (unpaired) electrons. The summed E-state index contributed by atoms with van der Waals surface area (Å²) in [5, 5.41) is 4.67. The molecule has 0 amide bonds. The Bertz CT molecular complexity index is 915. The molecule has 1 saturated carbocycles. The molecule has 1 aliphatic carbocycles. The minimum absolute atomic E-state index is 0.276. The second-order valence-corrected chi connectivity index (χ2v) is 7.40. The van der Waals surface area contributed by atoms with Crippen LogP contribution in [-0.2, 0) is 0 Å². The quantitative estimate of drug-likeness (QED) is 0.736. The number of aromatic nitrogens is 4. The Hall–Kier alpha value is -2.80. The monoisotopic (exact) mass is 363 g/mol. The van der Waals surface area contributed by atoms with Gasteiger partial charge in [0.1, 0.15) is 12.1 Å². The fraction of sp³-hybridized carbons (Fsp3) is 0.400. The fourth-order valence-electron chi connectivity index (χ4n) is 3.77. The Morgan fingerprint density at radius 1 is 0.963 bits per heavy atom. The molecule has 140 valence electrons. The lowest BCUT2D eigenvalue weighted by atomic mass is 9.90. The molecule has 7 nitrogen and oxygen atoms in total. The van der Waals surface area contributed by atoms with Gasteiger partial charge in [-0.15, -0.1) is 0 Å². The smallest absolute Gasteiger partial charge is 0.219 e. The van der Waals surface area contributed by atoms with Gasteiger partial charge >= 0.3 is 0 Å². The Balaban J connectivity index is 1.59. The number of nitrogen functional groups attached to an aromatic ring is 1. The van der Waals surface area contributed by atoms with E-state index in [-0.39, 0.29) is 5.95 Å². The molecule has 0 saturated heterocycles. The lowest BCUT2D eigenvalue weighted by Gasteiger charge is -2.33. The number of hydrogen-bond acceptors (Lipinski definition) is 7. The van der Waals surface area contributed by atoms with Crippen molar-refractivity contribution in [3.05, 3.63) is 36.9 Å². The first-order chi connectivity index (χ1) is 13.1. The molecule has 4 rings (SSSR count). The van der Waals surface area contributed by atoms with Crippen LogP contribution in [0.3, 0.4) is 0 Å². The van der Waals surface area contributed by atoms with Crippen molar-refractivity contribution in [2.75, 3.05) is 25.1 Å². The zero-order valence-electron chi connectivity index (χ0n) is 15.8. The topological polar surface area (TPSA) is 92.8 Å². The van der Waals surface area contributed by atoms with Crippen LogP contribution in [0.25, 0.3) is 22.0 Å². The molecule has 0 spiro atoms. The molecule has 7 heteroatoms. The average molecular weight is 363 g/mol. The second-order valence-electron chi connectivity index (χ2n) is 7.40. The van der Waals surface area contributed by atoms with E-state index >= 15 is 0 Å². The summed E-state index contributed by atoms with van der Waals surface area (Å²) in [6, 6.07) is 7.26. The maximum absolute atomic E-state index is 5.60. The summed E-state index contributed by atoms with van der Waals surface area (Å²) >= 11 is 0. The highest BCUT2D eigenvalue weighted by atomic mass is 15.1. The number of hydrogen-bond donors (Lipinski definition) is 2. The molecule has 0 aliphatic heterocycles. The van der Waals surface area contributed by atoms with Crippen LogP contribution in [0.5, 0.6) is 0 Å². The molecule has 27 heavy (non-hydrogen) atoms. The van der Waals surface area contributed by atoms with Gasteiger partial charge < -0.3 is 16.0 Å². The Kier molecular flexibility index (Phi) is 4.85. The van der Waals surface area contributed by atoms with Crippen LogP contribution in [0.15, 0.2) is 36.9 Å². The van der Waals surface area contributed by atoms with Crippen LogP contribution in [0.2, 0.25) is 0 Å². The maximum atomic E-state index is 5.60. The van der Waals surface area contributed by atoms with Crippen molar-refractivity contribution in [3.8, 4) is 11.1 Å². The summed E-state index contributed by atoms with van der Waals surface area (Å²) in [7, 11) is 4.33. The standard InChI is InChI=1S/C20H25N7/c1-27(2)16-6-4-15(5-7-16)26-19-17-9-13(3-8-18(17)24-12-25-19)14-10-22-20(21)23-11-14/h3,8-12,15-16H,4-7H2,1-2H3,(H2,21,22,23)(H,24,25,26)/t15-,16-. The zero-order valence-corrected chi connectivity index (χ0v) is 15.8. The van der Waals surface area contributed by atoms with E-state index in [2.05, 4.69) is 50.3 Å². The molecule has 0 unspecified atom stereocenters. The van der Waals surface area contributed by atoms with Crippen molar-refractivity contribution in [2.24, 2.45) is 0 Å². The first kappa shape index (κ1) is 17.6. The van der Waals surface area contributed by atoms with Crippen LogP contribution in [0.1, 0.15) is 25.7 Å². The highest BCUT2D eigenvalue weighted by molar-refractivity contribution is 5.92. The van der Waals surface area contributed by atoms with Gasteiger partial charge in [0.15, 0.2) is 0 Å². The minimum Gasteiger partial charge on any atom is -0.368 e. The van der Waals surface area contributed by atoms with Gasteiger partial charge in [-0.1, -0.05) is 6.07 Å². The van der Waals surface area contributed by atoms with Crippen LogP contribution in [-0.4, -0.2) is 51.0 Å². The van der Waals surface area contributed by atoms with Crippen LogP contribution >= 0.6 is 0 Å². The summed E-state index contributed by atoms with van der Waals surface area (Å²) in [6.07, 6.45) is 9.83. The molecule has 2 aromatic heterocycles. The first-order valence-corrected chi connectivity index (χ1v) is 9.36. The molecular formula is C20H25N7. The van der Waals surface area contributed by atoms with Gasteiger partial charge in [-0.3, -0.25) is 0 Å². The fourth-order valence-corrected chi connectivity index (χ4v) is 3.77. The van der Waals surface area contributed by atoms with E-state index in [9.17, 15) is 0 Å². The number of anilines is 2. The van der Waals surface area contributed by atoms with E-state index in [1.54, 1.807) is 18.7 Å². The summed E-state index contributed by atoms with van der Waals surface area (Å²) in [5.74, 6) is 1.17. The van der Waals surface area contributed by atoms with Gasteiger partial charge in [-0.05, 0) is 57.5 Å². The van der Waals surface area contributed by atoms with Crippen LogP contribution in [0.4, 0.5) is 11.8 Å². The third kappa shape index (κ3) is 3.83. The van der Waals surface area contributed by atoms with Gasteiger partial charge in [-0.2, -0.15) is 0 Å². The van der Waals surface area contributed by atoms with E-state index < -0.39 is 0 Å². The zero-order chi connectivity index (χ0) is 18.8. The number of nitrogens with zero attached hydrogens (tertiary/aromatic N) is 5. The average Bonchev–Trinajstić information content (AvgIpc) is 2.69. The van der Waals surface area contributed by atoms with Crippen molar-refractivity contribution in [3.63, 3.8) is 0 Å². The summed E-state index contributed by atoms with van der Waals surface area (Å²) < 4.78 is 0. The molecule has 0 bridgehead atoms. The predicted molar refractivity (Wildman–Crippen MR) is 108 cm³/mol. The van der Waals surface area contributed by atoms with Gasteiger partial charge in [0.05, 0.1) is 5.52 Å². The first-order valence-electron chi connectivity index (χ1n) is 9.36. The predicted octanol–water partition coefficient (Wildman–Crippen LogP) is 2.95. The highest BCUT2D eigenvalue weighted by Crippen LogP contribution is 2.29. The third-order valence-corrected chi connectivity index (χ3v) is 5.41. The van der Waals surface area contributed by atoms with Crippen LogP contribution < -0.4 is 11.1 Å². The van der Waals surface area contributed by atoms with Gasteiger partial charge in [0, 0.05) is 35.4 Å². The van der Waals surface area contributed by atoms with Crippen molar-refractivity contribution in [1.29, 1.82) is 0 Å². The lowest BCUT2D eigenvalue weighted by molar-refractivity contribution is 0.221. The van der Waals surface area contributed by atoms with Gasteiger partial charge in [-0.25, -0.2) is 19.9 Å². The highest BCUT2D eigenvalue weighted by Gasteiger charge is 2.23. The Labute approximate surface area is 159 Å². The van der Waals surface area contributed by atoms with Gasteiger partial charge in [0.2, 0.25) is 5.95 Å². The SMILES string of the molecule is CN(C)[C@H]1CC[C@H](Nc2ncnc3ccc(-c4cnc(N)nc4)cc23)CC1.